The number of rotatable bonds is 5. The van der Waals surface area contributed by atoms with Crippen molar-refractivity contribution in [3.05, 3.63) is 0 Å². The largest absolute Gasteiger partial charge is 0.319 e. The van der Waals surface area contributed by atoms with Crippen molar-refractivity contribution in [2.24, 2.45) is 16.7 Å². The minimum atomic E-state index is 0.357. The number of nitrogens with one attached hydrogen (secondary N) is 1. The van der Waals surface area contributed by atoms with Gasteiger partial charge < -0.3 is 10.2 Å². The van der Waals surface area contributed by atoms with E-state index in [-0.39, 0.29) is 0 Å². The van der Waals surface area contributed by atoms with E-state index in [0.29, 0.717) is 16.9 Å². The predicted molar refractivity (Wildman–Crippen MR) is 85.5 cm³/mol. The van der Waals surface area contributed by atoms with Crippen molar-refractivity contribution in [1.29, 1.82) is 0 Å². The zero-order valence-corrected chi connectivity index (χ0v) is 14.3. The van der Waals surface area contributed by atoms with E-state index in [2.05, 4.69) is 58.9 Å². The molecule has 3 unspecified atom stereocenters. The van der Waals surface area contributed by atoms with Gasteiger partial charge in [0.15, 0.2) is 0 Å². The summed E-state index contributed by atoms with van der Waals surface area (Å²) in [6, 6.07) is 0.624. The molecular formula is C17H36N2. The molecule has 1 aliphatic rings. The highest BCUT2D eigenvalue weighted by atomic mass is 15.1. The molecule has 0 aromatic carbocycles. The van der Waals surface area contributed by atoms with Crippen LogP contribution in [0.1, 0.15) is 60.3 Å². The maximum Gasteiger partial charge on any atom is 0.0113 e. The van der Waals surface area contributed by atoms with Crippen molar-refractivity contribution in [2.75, 3.05) is 27.2 Å². The molecule has 0 bridgehead atoms. The third kappa shape index (κ3) is 4.75. The van der Waals surface area contributed by atoms with Crippen molar-refractivity contribution in [3.8, 4) is 0 Å². The molecule has 0 spiro atoms. The van der Waals surface area contributed by atoms with E-state index in [4.69, 9.17) is 0 Å². The van der Waals surface area contributed by atoms with Gasteiger partial charge in [0.25, 0.3) is 0 Å². The molecule has 1 rings (SSSR count). The maximum atomic E-state index is 3.46. The topological polar surface area (TPSA) is 15.3 Å². The Kier molecular flexibility index (Phi) is 5.88. The van der Waals surface area contributed by atoms with Gasteiger partial charge in [0.05, 0.1) is 0 Å². The Hall–Kier alpha value is -0.0800. The van der Waals surface area contributed by atoms with E-state index in [9.17, 15) is 0 Å². The third-order valence-electron chi connectivity index (χ3n) is 5.24. The first kappa shape index (κ1) is 17.0. The van der Waals surface area contributed by atoms with Crippen LogP contribution in [0.2, 0.25) is 0 Å². The molecule has 0 radical (unpaired) electrons. The fourth-order valence-corrected chi connectivity index (χ4v) is 3.83. The summed E-state index contributed by atoms with van der Waals surface area (Å²) in [5, 5.41) is 3.46. The molecule has 0 heterocycles. The lowest BCUT2D eigenvalue weighted by molar-refractivity contribution is 0.0481. The van der Waals surface area contributed by atoms with Crippen LogP contribution in [0.25, 0.3) is 0 Å². The second-order valence-electron chi connectivity index (χ2n) is 8.19. The van der Waals surface area contributed by atoms with Crippen LogP contribution >= 0.6 is 0 Å². The summed E-state index contributed by atoms with van der Waals surface area (Å²) in [5.74, 6) is 0.889. The smallest absolute Gasteiger partial charge is 0.0113 e. The Bertz CT molecular complexity index is 265. The molecule has 19 heavy (non-hydrogen) atoms. The third-order valence-corrected chi connectivity index (χ3v) is 5.24. The average Bonchev–Trinajstić information content (AvgIpc) is 2.26. The normalized spacial score (nSPS) is 30.6. The van der Waals surface area contributed by atoms with Crippen LogP contribution in [0, 0.1) is 16.7 Å². The van der Waals surface area contributed by atoms with Crippen LogP contribution in [-0.2, 0) is 0 Å². The Morgan fingerprint density at radius 2 is 2.00 bits per heavy atom. The number of hydrogen-bond acceptors (Lipinski definition) is 2. The van der Waals surface area contributed by atoms with Gasteiger partial charge in [0, 0.05) is 19.1 Å². The molecule has 0 aromatic rings. The summed E-state index contributed by atoms with van der Waals surface area (Å²) < 4.78 is 0. The molecule has 1 N–H and O–H groups in total. The van der Waals surface area contributed by atoms with Crippen molar-refractivity contribution in [2.45, 2.75) is 66.3 Å². The number of hydrogen-bond donors (Lipinski definition) is 1. The molecule has 0 aliphatic heterocycles. The van der Waals surface area contributed by atoms with Gasteiger partial charge >= 0.3 is 0 Å². The van der Waals surface area contributed by atoms with Crippen LogP contribution in [0.15, 0.2) is 0 Å². The molecule has 114 valence electrons. The summed E-state index contributed by atoms with van der Waals surface area (Å²) in [5.41, 5.74) is 0.844. The Balaban J connectivity index is 2.72. The fourth-order valence-electron chi connectivity index (χ4n) is 3.83. The van der Waals surface area contributed by atoms with Gasteiger partial charge in [-0.05, 0) is 50.6 Å². The van der Waals surface area contributed by atoms with E-state index in [1.54, 1.807) is 0 Å². The van der Waals surface area contributed by atoms with Crippen molar-refractivity contribution in [1.82, 2.24) is 10.2 Å². The second-order valence-corrected chi connectivity index (χ2v) is 8.19. The second kappa shape index (κ2) is 6.58. The van der Waals surface area contributed by atoms with E-state index in [1.165, 1.54) is 38.8 Å². The molecule has 0 aromatic heterocycles. The van der Waals surface area contributed by atoms with Gasteiger partial charge in [0.1, 0.15) is 0 Å². The lowest BCUT2D eigenvalue weighted by Gasteiger charge is -2.46. The van der Waals surface area contributed by atoms with Gasteiger partial charge in [-0.3, -0.25) is 0 Å². The van der Waals surface area contributed by atoms with E-state index in [1.807, 2.05) is 0 Å². The first-order valence-electron chi connectivity index (χ1n) is 8.05. The van der Waals surface area contributed by atoms with Crippen molar-refractivity contribution >= 4 is 0 Å². The van der Waals surface area contributed by atoms with Gasteiger partial charge in [-0.2, -0.15) is 0 Å². The molecule has 1 aliphatic carbocycles. The molecule has 0 amide bonds. The summed E-state index contributed by atoms with van der Waals surface area (Å²) in [6.45, 7) is 14.2. The summed E-state index contributed by atoms with van der Waals surface area (Å²) in [6.07, 6.45) is 5.60. The van der Waals surface area contributed by atoms with Crippen molar-refractivity contribution in [3.63, 3.8) is 0 Å². The predicted octanol–water partition coefficient (Wildman–Crippen LogP) is 3.77. The maximum absolute atomic E-state index is 3.46. The lowest BCUT2D eigenvalue weighted by atomic mass is 9.69. The summed E-state index contributed by atoms with van der Waals surface area (Å²) in [4.78, 5) is 2.59. The molecule has 0 saturated heterocycles. The minimum absolute atomic E-state index is 0.357. The van der Waals surface area contributed by atoms with E-state index < -0.39 is 0 Å². The molecule has 1 saturated carbocycles. The first-order chi connectivity index (χ1) is 8.70. The first-order valence-corrected chi connectivity index (χ1v) is 8.05. The Morgan fingerprint density at radius 3 is 2.47 bits per heavy atom. The van der Waals surface area contributed by atoms with Gasteiger partial charge in [-0.15, -0.1) is 0 Å². The highest BCUT2D eigenvalue weighted by Crippen LogP contribution is 2.40. The Labute approximate surface area is 121 Å². The van der Waals surface area contributed by atoms with Crippen LogP contribution in [0.3, 0.4) is 0 Å². The summed E-state index contributed by atoms with van der Waals surface area (Å²) >= 11 is 0. The van der Waals surface area contributed by atoms with Crippen LogP contribution in [-0.4, -0.2) is 38.1 Å². The zero-order valence-electron chi connectivity index (χ0n) is 14.3. The highest BCUT2D eigenvalue weighted by Gasteiger charge is 2.37. The van der Waals surface area contributed by atoms with E-state index >= 15 is 0 Å². The summed E-state index contributed by atoms with van der Waals surface area (Å²) in [7, 11) is 4.42. The molecule has 2 heteroatoms. The Morgan fingerprint density at radius 1 is 1.37 bits per heavy atom. The van der Waals surface area contributed by atoms with Crippen molar-refractivity contribution < 1.29 is 0 Å². The van der Waals surface area contributed by atoms with Gasteiger partial charge in [-0.1, -0.05) is 40.5 Å². The molecule has 2 nitrogen and oxygen atoms in total. The lowest BCUT2D eigenvalue weighted by Crippen LogP contribution is -2.49. The fraction of sp³-hybridized carbons (Fsp3) is 1.00. The standard InChI is InChI=1S/C17H36N2/c1-14-9-8-10-17(11-14,12-18-6)13-19(7)15(2)16(3,4)5/h14-15,18H,8-13H2,1-7H3. The monoisotopic (exact) mass is 268 g/mol. The van der Waals surface area contributed by atoms with Crippen LogP contribution < -0.4 is 5.32 Å². The molecule has 1 fully saturated rings. The average molecular weight is 268 g/mol. The quantitative estimate of drug-likeness (QED) is 0.816. The number of nitrogens with zero attached hydrogens (tertiary/aromatic N) is 1. The van der Waals surface area contributed by atoms with Gasteiger partial charge in [0.2, 0.25) is 0 Å². The SMILES string of the molecule is CNCC1(CN(C)C(C)C(C)(C)C)CCCC(C)C1. The molecule has 3 atom stereocenters. The highest BCUT2D eigenvalue weighted by molar-refractivity contribution is 4.91. The minimum Gasteiger partial charge on any atom is -0.319 e. The van der Waals surface area contributed by atoms with E-state index in [0.717, 1.165) is 5.92 Å². The zero-order chi connectivity index (χ0) is 14.7. The van der Waals surface area contributed by atoms with Crippen LogP contribution in [0.5, 0.6) is 0 Å². The van der Waals surface area contributed by atoms with Crippen LogP contribution in [0.4, 0.5) is 0 Å². The molecular weight excluding hydrogens is 232 g/mol. The van der Waals surface area contributed by atoms with Gasteiger partial charge in [-0.25, -0.2) is 0 Å².